The summed E-state index contributed by atoms with van der Waals surface area (Å²) in [7, 11) is 0. The molecule has 0 saturated heterocycles. The van der Waals surface area contributed by atoms with Crippen molar-refractivity contribution in [3.05, 3.63) is 28.2 Å². The number of aromatic nitrogens is 1. The van der Waals surface area contributed by atoms with Gasteiger partial charge in [-0.1, -0.05) is 0 Å². The van der Waals surface area contributed by atoms with Crippen LogP contribution in [0.3, 0.4) is 0 Å². The lowest BCUT2D eigenvalue weighted by atomic mass is 10.2. The maximum Gasteiger partial charge on any atom is 0.303 e. The molecule has 5 heteroatoms. The molecule has 0 atom stereocenters. The van der Waals surface area contributed by atoms with Crippen molar-refractivity contribution in [3.63, 3.8) is 0 Å². The molecule has 1 aromatic heterocycles. The Morgan fingerprint density at radius 3 is 2.73 bits per heavy atom. The highest BCUT2D eigenvalue weighted by Gasteiger charge is 2.10. The molecule has 0 saturated carbocycles. The summed E-state index contributed by atoms with van der Waals surface area (Å²) >= 11 is 0. The first-order valence-electron chi connectivity index (χ1n) is 4.69. The third-order valence-corrected chi connectivity index (χ3v) is 2.18. The van der Waals surface area contributed by atoms with Gasteiger partial charge < -0.3 is 14.8 Å². The van der Waals surface area contributed by atoms with Gasteiger partial charge in [0.15, 0.2) is 5.75 Å². The fourth-order valence-corrected chi connectivity index (χ4v) is 1.39. The van der Waals surface area contributed by atoms with Crippen LogP contribution in [-0.2, 0) is 17.8 Å². The number of carboxylic acid groups (broad SMARTS) is 1. The number of hydrogen-bond donors (Lipinski definition) is 2. The number of hydrogen-bond acceptors (Lipinski definition) is 3. The summed E-state index contributed by atoms with van der Waals surface area (Å²) < 4.78 is 1.67. The average Bonchev–Trinajstić information content (AvgIpc) is 2.20. The lowest BCUT2D eigenvalue weighted by Gasteiger charge is -2.11. The van der Waals surface area contributed by atoms with E-state index in [0.717, 1.165) is 0 Å². The fourth-order valence-electron chi connectivity index (χ4n) is 1.39. The van der Waals surface area contributed by atoms with Crippen LogP contribution in [0.15, 0.2) is 17.1 Å². The van der Waals surface area contributed by atoms with Gasteiger partial charge in [-0.05, 0) is 6.92 Å². The first-order valence-corrected chi connectivity index (χ1v) is 4.69. The van der Waals surface area contributed by atoms with E-state index in [2.05, 4.69) is 0 Å². The lowest BCUT2D eigenvalue weighted by Crippen LogP contribution is -2.13. The molecule has 0 spiro atoms. The maximum atomic E-state index is 11.1. The molecule has 82 valence electrons. The van der Waals surface area contributed by atoms with Crippen LogP contribution in [0.1, 0.15) is 19.0 Å². The SMILES string of the molecule is CCn1ccc(=O)c(O)c1CCC(=O)O. The molecule has 0 aromatic carbocycles. The number of aliphatic carboxylic acids is 1. The summed E-state index contributed by atoms with van der Waals surface area (Å²) in [4.78, 5) is 21.5. The summed E-state index contributed by atoms with van der Waals surface area (Å²) in [5.74, 6) is -1.30. The normalized spacial score (nSPS) is 10.2. The van der Waals surface area contributed by atoms with Crippen LogP contribution < -0.4 is 5.43 Å². The molecule has 1 aromatic rings. The van der Waals surface area contributed by atoms with E-state index in [4.69, 9.17) is 5.11 Å². The largest absolute Gasteiger partial charge is 0.503 e. The molecule has 15 heavy (non-hydrogen) atoms. The van der Waals surface area contributed by atoms with Crippen LogP contribution in [0.25, 0.3) is 0 Å². The summed E-state index contributed by atoms with van der Waals surface area (Å²) in [6.45, 7) is 2.44. The van der Waals surface area contributed by atoms with Crippen LogP contribution in [0.2, 0.25) is 0 Å². The molecule has 0 aliphatic rings. The molecular formula is C10H13NO4. The molecule has 2 N–H and O–H groups in total. The van der Waals surface area contributed by atoms with E-state index in [-0.39, 0.29) is 18.6 Å². The predicted octanol–water partition coefficient (Wildman–Crippen LogP) is 0.591. The molecule has 0 bridgehead atoms. The van der Waals surface area contributed by atoms with Crippen molar-refractivity contribution in [3.8, 4) is 5.75 Å². The zero-order chi connectivity index (χ0) is 11.4. The highest BCUT2D eigenvalue weighted by Crippen LogP contribution is 2.13. The van der Waals surface area contributed by atoms with Crippen molar-refractivity contribution in [2.24, 2.45) is 0 Å². The van der Waals surface area contributed by atoms with Gasteiger partial charge in [0.25, 0.3) is 0 Å². The minimum atomic E-state index is -0.951. The second-order valence-corrected chi connectivity index (χ2v) is 3.16. The fraction of sp³-hybridized carbons (Fsp3) is 0.400. The van der Waals surface area contributed by atoms with E-state index in [9.17, 15) is 14.7 Å². The zero-order valence-electron chi connectivity index (χ0n) is 8.43. The molecule has 0 fully saturated rings. The van der Waals surface area contributed by atoms with Gasteiger partial charge in [0, 0.05) is 25.2 Å². The second kappa shape index (κ2) is 4.63. The standard InChI is InChI=1S/C10H13NO4/c1-2-11-6-5-8(12)10(15)7(11)3-4-9(13)14/h5-6,15H,2-4H2,1H3,(H,13,14). The smallest absolute Gasteiger partial charge is 0.303 e. The number of nitrogens with zero attached hydrogens (tertiary/aromatic N) is 1. The number of pyridine rings is 1. The van der Waals surface area contributed by atoms with Gasteiger partial charge >= 0.3 is 5.97 Å². The molecule has 0 aliphatic heterocycles. The molecule has 1 rings (SSSR count). The second-order valence-electron chi connectivity index (χ2n) is 3.16. The topological polar surface area (TPSA) is 79.5 Å². The Morgan fingerprint density at radius 1 is 1.53 bits per heavy atom. The average molecular weight is 211 g/mol. The van der Waals surface area contributed by atoms with E-state index >= 15 is 0 Å². The summed E-state index contributed by atoms with van der Waals surface area (Å²) in [5.41, 5.74) is -0.0903. The highest BCUT2D eigenvalue weighted by molar-refractivity contribution is 5.67. The van der Waals surface area contributed by atoms with Gasteiger partial charge in [-0.3, -0.25) is 9.59 Å². The van der Waals surface area contributed by atoms with E-state index < -0.39 is 11.4 Å². The number of carbonyl (C=O) groups is 1. The Kier molecular flexibility index (Phi) is 3.49. The Balaban J connectivity index is 3.06. The Morgan fingerprint density at radius 2 is 2.20 bits per heavy atom. The maximum absolute atomic E-state index is 11.1. The van der Waals surface area contributed by atoms with Crippen molar-refractivity contribution >= 4 is 5.97 Å². The molecular weight excluding hydrogens is 198 g/mol. The first-order chi connectivity index (χ1) is 7.06. The van der Waals surface area contributed by atoms with Crippen LogP contribution in [0.4, 0.5) is 0 Å². The van der Waals surface area contributed by atoms with Crippen molar-refractivity contribution < 1.29 is 15.0 Å². The van der Waals surface area contributed by atoms with E-state index in [1.165, 1.54) is 6.07 Å². The monoisotopic (exact) mass is 211 g/mol. The van der Waals surface area contributed by atoms with Crippen molar-refractivity contribution in [2.45, 2.75) is 26.3 Å². The first kappa shape index (κ1) is 11.3. The predicted molar refractivity (Wildman–Crippen MR) is 54.0 cm³/mol. The Hall–Kier alpha value is -1.78. The van der Waals surface area contributed by atoms with Crippen LogP contribution >= 0.6 is 0 Å². The van der Waals surface area contributed by atoms with Gasteiger partial charge in [0.05, 0.1) is 12.1 Å². The molecule has 0 amide bonds. The van der Waals surface area contributed by atoms with Crippen molar-refractivity contribution in [1.29, 1.82) is 0 Å². The minimum absolute atomic E-state index is 0.100. The minimum Gasteiger partial charge on any atom is -0.503 e. The van der Waals surface area contributed by atoms with Crippen molar-refractivity contribution in [2.75, 3.05) is 0 Å². The number of carboxylic acids is 1. The van der Waals surface area contributed by atoms with E-state index in [0.29, 0.717) is 12.2 Å². The van der Waals surface area contributed by atoms with Crippen molar-refractivity contribution in [1.82, 2.24) is 4.57 Å². The summed E-state index contributed by atoms with van der Waals surface area (Å²) in [6.07, 6.45) is 1.61. The number of aromatic hydroxyl groups is 1. The van der Waals surface area contributed by atoms with Gasteiger partial charge in [0.2, 0.25) is 5.43 Å². The molecule has 0 aliphatic carbocycles. The van der Waals surface area contributed by atoms with Gasteiger partial charge in [-0.15, -0.1) is 0 Å². The third-order valence-electron chi connectivity index (χ3n) is 2.18. The van der Waals surface area contributed by atoms with Crippen LogP contribution in [0.5, 0.6) is 5.75 Å². The Bertz CT molecular complexity index is 422. The van der Waals surface area contributed by atoms with Gasteiger partial charge in [-0.25, -0.2) is 0 Å². The summed E-state index contributed by atoms with van der Waals surface area (Å²) in [6, 6.07) is 1.27. The van der Waals surface area contributed by atoms with E-state index in [1.807, 2.05) is 6.92 Å². The van der Waals surface area contributed by atoms with Crippen LogP contribution in [0, 0.1) is 0 Å². The highest BCUT2D eigenvalue weighted by atomic mass is 16.4. The molecule has 0 radical (unpaired) electrons. The Labute approximate surface area is 86.6 Å². The molecule has 0 unspecified atom stereocenters. The van der Waals surface area contributed by atoms with Gasteiger partial charge in [0.1, 0.15) is 0 Å². The molecule has 5 nitrogen and oxygen atoms in total. The number of aryl methyl sites for hydroxylation is 1. The summed E-state index contributed by atoms with van der Waals surface area (Å²) in [5, 5.41) is 18.0. The molecule has 1 heterocycles. The third kappa shape index (κ3) is 2.59. The van der Waals surface area contributed by atoms with Crippen LogP contribution in [-0.4, -0.2) is 20.7 Å². The lowest BCUT2D eigenvalue weighted by molar-refractivity contribution is -0.136. The number of rotatable bonds is 4. The van der Waals surface area contributed by atoms with Gasteiger partial charge in [-0.2, -0.15) is 0 Å². The quantitative estimate of drug-likeness (QED) is 0.763. The zero-order valence-corrected chi connectivity index (χ0v) is 8.43. The van der Waals surface area contributed by atoms with E-state index in [1.54, 1.807) is 10.8 Å².